The van der Waals surface area contributed by atoms with Gasteiger partial charge < -0.3 is 10.2 Å². The van der Waals surface area contributed by atoms with Crippen LogP contribution < -0.4 is 5.32 Å². The second kappa shape index (κ2) is 6.49. The molecule has 3 rings (SSSR count). The molecule has 0 aromatic heterocycles. The van der Waals surface area contributed by atoms with Crippen LogP contribution in [-0.2, 0) is 9.59 Å². The fourth-order valence-corrected chi connectivity index (χ4v) is 4.19. The zero-order valence-electron chi connectivity index (χ0n) is 14.0. The molecule has 2 saturated heterocycles. The molecule has 4 amide bonds. The van der Waals surface area contributed by atoms with Gasteiger partial charge in [-0.2, -0.15) is 0 Å². The van der Waals surface area contributed by atoms with Gasteiger partial charge in [0.2, 0.25) is 5.91 Å². The first kappa shape index (κ1) is 16.3. The van der Waals surface area contributed by atoms with E-state index in [4.69, 9.17) is 0 Å². The van der Waals surface area contributed by atoms with Crippen molar-refractivity contribution >= 4 is 17.8 Å². The van der Waals surface area contributed by atoms with Gasteiger partial charge in [-0.05, 0) is 31.6 Å². The third-order valence-electron chi connectivity index (χ3n) is 5.75. The highest BCUT2D eigenvalue weighted by Crippen LogP contribution is 2.38. The lowest BCUT2D eigenvalue weighted by molar-refractivity contribution is -0.140. The summed E-state index contributed by atoms with van der Waals surface area (Å²) in [4.78, 5) is 40.6. The average molecular weight is 321 g/mol. The van der Waals surface area contributed by atoms with Gasteiger partial charge in [0, 0.05) is 13.1 Å². The number of carbonyl (C=O) groups is 3. The Hall–Kier alpha value is -1.59. The fraction of sp³-hybridized carbons (Fsp3) is 0.824. The van der Waals surface area contributed by atoms with Crippen LogP contribution in [0.5, 0.6) is 0 Å². The van der Waals surface area contributed by atoms with Gasteiger partial charge in [0.25, 0.3) is 5.91 Å². The van der Waals surface area contributed by atoms with Crippen LogP contribution in [0.15, 0.2) is 0 Å². The summed E-state index contributed by atoms with van der Waals surface area (Å²) >= 11 is 0. The highest BCUT2D eigenvalue weighted by atomic mass is 16.2. The second-order valence-corrected chi connectivity index (χ2v) is 7.23. The number of urea groups is 1. The van der Waals surface area contributed by atoms with Crippen LogP contribution in [0.4, 0.5) is 4.79 Å². The molecule has 0 bridgehead atoms. The van der Waals surface area contributed by atoms with Crippen LogP contribution in [0.3, 0.4) is 0 Å². The van der Waals surface area contributed by atoms with Crippen molar-refractivity contribution in [1.82, 2.24) is 15.1 Å². The van der Waals surface area contributed by atoms with Crippen LogP contribution in [-0.4, -0.2) is 52.8 Å². The third kappa shape index (κ3) is 2.95. The lowest BCUT2D eigenvalue weighted by atomic mass is 9.73. The first-order valence-corrected chi connectivity index (χ1v) is 8.96. The molecule has 3 fully saturated rings. The molecule has 3 aliphatic rings. The fourth-order valence-electron chi connectivity index (χ4n) is 4.19. The normalized spacial score (nSPS) is 32.1. The van der Waals surface area contributed by atoms with E-state index in [1.165, 1.54) is 0 Å². The summed E-state index contributed by atoms with van der Waals surface area (Å²) in [5.41, 5.74) is -0.769. The van der Waals surface area contributed by atoms with Gasteiger partial charge in [0.1, 0.15) is 12.1 Å². The molecule has 6 heteroatoms. The molecule has 0 aromatic carbocycles. The second-order valence-electron chi connectivity index (χ2n) is 7.23. The summed E-state index contributed by atoms with van der Waals surface area (Å²) in [7, 11) is 0. The number of carbonyl (C=O) groups excluding carboxylic acids is 3. The molecule has 1 saturated carbocycles. The molecule has 2 aliphatic heterocycles. The standard InChI is InChI=1S/C17H27N3O3/c1-13-8-4-5-9-17(13)15(22)20(16(23)18-17)12-14(21)19-10-6-2-3-7-11-19/h13H,2-12H2,1H3,(H,18,23)/t13-,17+/m0/s1. The molecule has 1 spiro atoms. The lowest BCUT2D eigenvalue weighted by Crippen LogP contribution is -2.54. The molecule has 23 heavy (non-hydrogen) atoms. The van der Waals surface area contributed by atoms with E-state index in [1.54, 1.807) is 0 Å². The number of rotatable bonds is 2. The van der Waals surface area contributed by atoms with Crippen LogP contribution in [0.1, 0.15) is 58.3 Å². The van der Waals surface area contributed by atoms with Crippen molar-refractivity contribution in [1.29, 1.82) is 0 Å². The van der Waals surface area contributed by atoms with E-state index in [0.29, 0.717) is 6.42 Å². The zero-order chi connectivity index (χ0) is 16.4. The molecule has 1 aliphatic carbocycles. The van der Waals surface area contributed by atoms with Crippen molar-refractivity contribution in [3.63, 3.8) is 0 Å². The summed E-state index contributed by atoms with van der Waals surface area (Å²) in [5.74, 6) is -0.167. The number of amides is 4. The Morgan fingerprint density at radius 1 is 1.13 bits per heavy atom. The molecule has 0 unspecified atom stereocenters. The predicted molar refractivity (Wildman–Crippen MR) is 85.7 cm³/mol. The molecule has 1 N–H and O–H groups in total. The van der Waals surface area contributed by atoms with E-state index in [-0.39, 0.29) is 24.3 Å². The van der Waals surface area contributed by atoms with Gasteiger partial charge in [-0.25, -0.2) is 4.79 Å². The van der Waals surface area contributed by atoms with Crippen LogP contribution >= 0.6 is 0 Å². The molecule has 0 radical (unpaired) electrons. The molecule has 2 heterocycles. The van der Waals surface area contributed by atoms with Gasteiger partial charge in [-0.3, -0.25) is 14.5 Å². The van der Waals surface area contributed by atoms with Gasteiger partial charge >= 0.3 is 6.03 Å². The van der Waals surface area contributed by atoms with Crippen molar-refractivity contribution in [3.05, 3.63) is 0 Å². The first-order chi connectivity index (χ1) is 11.0. The van der Waals surface area contributed by atoms with Crippen molar-refractivity contribution in [2.45, 2.75) is 63.8 Å². The summed E-state index contributed by atoms with van der Waals surface area (Å²) in [6.07, 6.45) is 7.98. The van der Waals surface area contributed by atoms with Crippen molar-refractivity contribution in [2.24, 2.45) is 5.92 Å². The van der Waals surface area contributed by atoms with E-state index in [2.05, 4.69) is 5.32 Å². The monoisotopic (exact) mass is 321 g/mol. The Morgan fingerprint density at radius 3 is 2.48 bits per heavy atom. The molecule has 6 nitrogen and oxygen atoms in total. The third-order valence-corrected chi connectivity index (χ3v) is 5.75. The Balaban J connectivity index is 1.69. The highest BCUT2D eigenvalue weighted by Gasteiger charge is 2.55. The van der Waals surface area contributed by atoms with Crippen molar-refractivity contribution in [2.75, 3.05) is 19.6 Å². The quantitative estimate of drug-likeness (QED) is 0.790. The number of hydrogen-bond donors (Lipinski definition) is 1. The summed E-state index contributed by atoms with van der Waals surface area (Å²) in [6.45, 7) is 3.39. The highest BCUT2D eigenvalue weighted by molar-refractivity contribution is 6.09. The van der Waals surface area contributed by atoms with Gasteiger partial charge in [-0.15, -0.1) is 0 Å². The smallest absolute Gasteiger partial charge is 0.325 e. The molecule has 2 atom stereocenters. The SMILES string of the molecule is C[C@H]1CCCC[C@@]12NC(=O)N(CC(=O)N1CCCCCC1)C2=O. The predicted octanol–water partition coefficient (Wildman–Crippen LogP) is 1.89. The molecular formula is C17H27N3O3. The largest absolute Gasteiger partial charge is 0.341 e. The number of hydrogen-bond acceptors (Lipinski definition) is 3. The summed E-state index contributed by atoms with van der Waals surface area (Å²) in [5, 5.41) is 2.91. The first-order valence-electron chi connectivity index (χ1n) is 8.96. The van der Waals surface area contributed by atoms with E-state index in [0.717, 1.165) is 62.9 Å². The maximum atomic E-state index is 12.9. The number of nitrogens with one attached hydrogen (secondary N) is 1. The number of nitrogens with zero attached hydrogens (tertiary/aromatic N) is 2. The average Bonchev–Trinajstić information content (AvgIpc) is 2.75. The lowest BCUT2D eigenvalue weighted by Gasteiger charge is -2.36. The molecule has 0 aromatic rings. The maximum absolute atomic E-state index is 12.9. The Kier molecular flexibility index (Phi) is 4.60. The van der Waals surface area contributed by atoms with E-state index in [9.17, 15) is 14.4 Å². The maximum Gasteiger partial charge on any atom is 0.325 e. The number of imide groups is 1. The minimum Gasteiger partial charge on any atom is -0.341 e. The number of likely N-dealkylation sites (tertiary alicyclic amines) is 1. The summed E-state index contributed by atoms with van der Waals surface area (Å²) in [6, 6.07) is -0.396. The zero-order valence-corrected chi connectivity index (χ0v) is 14.0. The van der Waals surface area contributed by atoms with Gasteiger partial charge in [-0.1, -0.05) is 32.6 Å². The van der Waals surface area contributed by atoms with E-state index >= 15 is 0 Å². The van der Waals surface area contributed by atoms with Crippen molar-refractivity contribution < 1.29 is 14.4 Å². The minimum atomic E-state index is -0.769. The molecular weight excluding hydrogens is 294 g/mol. The Morgan fingerprint density at radius 2 is 1.83 bits per heavy atom. The van der Waals surface area contributed by atoms with E-state index < -0.39 is 11.6 Å². The Labute approximate surface area is 137 Å². The minimum absolute atomic E-state index is 0.101. The van der Waals surface area contributed by atoms with E-state index in [1.807, 2.05) is 11.8 Å². The Bertz CT molecular complexity index is 499. The molecule has 128 valence electrons. The van der Waals surface area contributed by atoms with Gasteiger partial charge in [0.15, 0.2) is 0 Å². The topological polar surface area (TPSA) is 69.7 Å². The summed E-state index contributed by atoms with van der Waals surface area (Å²) < 4.78 is 0. The van der Waals surface area contributed by atoms with Crippen LogP contribution in [0.2, 0.25) is 0 Å². The van der Waals surface area contributed by atoms with Crippen LogP contribution in [0, 0.1) is 5.92 Å². The van der Waals surface area contributed by atoms with Gasteiger partial charge in [0.05, 0.1) is 0 Å². The van der Waals surface area contributed by atoms with Crippen LogP contribution in [0.25, 0.3) is 0 Å². The van der Waals surface area contributed by atoms with Crippen molar-refractivity contribution in [3.8, 4) is 0 Å².